The Hall–Kier alpha value is -2.64. The molecule has 0 saturated carbocycles. The van der Waals surface area contributed by atoms with Gasteiger partial charge < -0.3 is 9.64 Å². The number of unbranched alkanes of at least 4 members (excludes halogenated alkanes) is 1. The first-order valence-corrected chi connectivity index (χ1v) is 10.7. The molecular weight excluding hydrogens is 360 g/mol. The Morgan fingerprint density at radius 2 is 1.76 bits per heavy atom. The summed E-state index contributed by atoms with van der Waals surface area (Å²) < 4.78 is 5.75. The zero-order chi connectivity index (χ0) is 20.2. The van der Waals surface area contributed by atoms with E-state index in [4.69, 9.17) is 4.74 Å². The van der Waals surface area contributed by atoms with E-state index < -0.39 is 0 Å². The van der Waals surface area contributed by atoms with Crippen LogP contribution in [0, 0.1) is 11.8 Å². The lowest BCUT2D eigenvalue weighted by atomic mass is 10.1. The van der Waals surface area contributed by atoms with E-state index in [9.17, 15) is 4.79 Å². The van der Waals surface area contributed by atoms with E-state index >= 15 is 0 Å². The number of nitrogens with zero attached hydrogens (tertiary/aromatic N) is 2. The average Bonchev–Trinajstić information content (AvgIpc) is 2.74. The van der Waals surface area contributed by atoms with Crippen LogP contribution in [-0.4, -0.2) is 35.8 Å². The summed E-state index contributed by atoms with van der Waals surface area (Å²) in [4.78, 5) is 18.3. The zero-order valence-corrected chi connectivity index (χ0v) is 17.1. The molecule has 0 aliphatic carbocycles. The Labute approximate surface area is 174 Å². The highest BCUT2D eigenvalue weighted by molar-refractivity contribution is 5.76. The monoisotopic (exact) mass is 390 g/mol. The number of carbonyl (C=O) groups excluding carboxylic acids is 1. The molecule has 1 aromatic carbocycles. The van der Waals surface area contributed by atoms with Crippen molar-refractivity contribution >= 4 is 6.29 Å². The van der Waals surface area contributed by atoms with Crippen molar-refractivity contribution in [3.05, 3.63) is 59.4 Å². The number of likely N-dealkylation sites (tertiary alicyclic amines) is 1. The van der Waals surface area contributed by atoms with Crippen molar-refractivity contribution in [3.63, 3.8) is 0 Å². The van der Waals surface area contributed by atoms with Crippen molar-refractivity contribution < 1.29 is 9.53 Å². The van der Waals surface area contributed by atoms with Gasteiger partial charge in [-0.3, -0.25) is 4.79 Å². The fourth-order valence-corrected chi connectivity index (χ4v) is 3.55. The molecule has 152 valence electrons. The van der Waals surface area contributed by atoms with E-state index in [1.54, 1.807) is 6.07 Å². The molecule has 1 aromatic heterocycles. The van der Waals surface area contributed by atoms with Gasteiger partial charge >= 0.3 is 0 Å². The first kappa shape index (κ1) is 21.1. The van der Waals surface area contributed by atoms with Gasteiger partial charge in [-0.25, -0.2) is 4.98 Å². The van der Waals surface area contributed by atoms with Crippen LogP contribution in [0.3, 0.4) is 0 Å². The molecule has 0 unspecified atom stereocenters. The standard InChI is InChI=1S/C25H30N2O2/c28-20-24-25(29-21-22-12-6-4-7-13-22)16-15-23(26-24)14-8-5-11-19-27-17-9-2-1-3-10-18-27/h4,6-7,12-13,15-16,20H,1-3,5,9-11,17-19,21H2. The molecule has 2 heterocycles. The van der Waals surface area contributed by atoms with E-state index in [1.165, 1.54) is 45.2 Å². The summed E-state index contributed by atoms with van der Waals surface area (Å²) in [5.41, 5.74) is 1.96. The molecule has 1 aliphatic rings. The van der Waals surface area contributed by atoms with Gasteiger partial charge in [0.15, 0.2) is 6.29 Å². The van der Waals surface area contributed by atoms with Crippen LogP contribution in [0.2, 0.25) is 0 Å². The smallest absolute Gasteiger partial charge is 0.172 e. The maximum absolute atomic E-state index is 11.4. The SMILES string of the molecule is O=Cc1nc(C#CCCCN2CCCCCCC2)ccc1OCc1ccccc1. The predicted octanol–water partition coefficient (Wildman–Crippen LogP) is 4.87. The maximum atomic E-state index is 11.4. The molecule has 1 aliphatic heterocycles. The van der Waals surface area contributed by atoms with Crippen molar-refractivity contribution in [2.75, 3.05) is 19.6 Å². The van der Waals surface area contributed by atoms with Crippen LogP contribution in [0.5, 0.6) is 5.75 Å². The van der Waals surface area contributed by atoms with E-state index in [1.807, 2.05) is 36.4 Å². The number of hydrogen-bond acceptors (Lipinski definition) is 4. The highest BCUT2D eigenvalue weighted by Crippen LogP contribution is 2.17. The lowest BCUT2D eigenvalue weighted by molar-refractivity contribution is 0.111. The highest BCUT2D eigenvalue weighted by atomic mass is 16.5. The second kappa shape index (κ2) is 12.0. The topological polar surface area (TPSA) is 42.4 Å². The number of rotatable bonds is 7. The summed E-state index contributed by atoms with van der Waals surface area (Å²) >= 11 is 0. The van der Waals surface area contributed by atoms with Gasteiger partial charge in [0.25, 0.3) is 0 Å². The molecule has 0 N–H and O–H groups in total. The second-order valence-corrected chi connectivity index (χ2v) is 7.49. The quantitative estimate of drug-likeness (QED) is 0.384. The fourth-order valence-electron chi connectivity index (χ4n) is 3.55. The van der Waals surface area contributed by atoms with Gasteiger partial charge in [-0.2, -0.15) is 0 Å². The first-order chi connectivity index (χ1) is 14.3. The molecule has 0 atom stereocenters. The number of benzene rings is 1. The Balaban J connectivity index is 1.47. The molecule has 2 aromatic rings. The van der Waals surface area contributed by atoms with Crippen molar-refractivity contribution in [3.8, 4) is 17.6 Å². The lowest BCUT2D eigenvalue weighted by Crippen LogP contribution is -2.28. The number of ether oxygens (including phenoxy) is 1. The Bertz CT molecular complexity index is 816. The first-order valence-electron chi connectivity index (χ1n) is 10.7. The average molecular weight is 391 g/mol. The summed E-state index contributed by atoms with van der Waals surface area (Å²) in [6.45, 7) is 3.98. The molecule has 0 radical (unpaired) electrons. The Morgan fingerprint density at radius 1 is 1.00 bits per heavy atom. The van der Waals surface area contributed by atoms with Gasteiger partial charge in [0.2, 0.25) is 0 Å². The second-order valence-electron chi connectivity index (χ2n) is 7.49. The van der Waals surface area contributed by atoms with Gasteiger partial charge in [0.05, 0.1) is 0 Å². The Morgan fingerprint density at radius 3 is 2.52 bits per heavy atom. The van der Waals surface area contributed by atoms with E-state index in [2.05, 4.69) is 21.7 Å². The largest absolute Gasteiger partial charge is 0.487 e. The summed E-state index contributed by atoms with van der Waals surface area (Å²) in [5, 5.41) is 0. The van der Waals surface area contributed by atoms with Crippen LogP contribution in [-0.2, 0) is 6.61 Å². The number of carbonyl (C=O) groups is 1. The maximum Gasteiger partial charge on any atom is 0.172 e. The summed E-state index contributed by atoms with van der Waals surface area (Å²) in [6, 6.07) is 13.5. The number of hydrogen-bond donors (Lipinski definition) is 0. The summed E-state index contributed by atoms with van der Waals surface area (Å²) in [5.74, 6) is 6.78. The third-order valence-electron chi connectivity index (χ3n) is 5.18. The van der Waals surface area contributed by atoms with Crippen LogP contribution in [0.4, 0.5) is 0 Å². The third-order valence-corrected chi connectivity index (χ3v) is 5.18. The fraction of sp³-hybridized carbons (Fsp3) is 0.440. The number of pyridine rings is 1. The molecule has 3 rings (SSSR count). The van der Waals surface area contributed by atoms with Gasteiger partial charge in [-0.05, 0) is 62.5 Å². The van der Waals surface area contributed by atoms with Crippen molar-refractivity contribution in [2.45, 2.75) is 51.6 Å². The Kier molecular flexibility index (Phi) is 8.75. The van der Waals surface area contributed by atoms with Crippen LogP contribution >= 0.6 is 0 Å². The number of aromatic nitrogens is 1. The minimum atomic E-state index is 0.299. The van der Waals surface area contributed by atoms with Crippen LogP contribution < -0.4 is 4.74 Å². The molecule has 1 fully saturated rings. The summed E-state index contributed by atoms with van der Waals surface area (Å²) in [6.07, 6.45) is 9.43. The van der Waals surface area contributed by atoms with E-state index in [0.29, 0.717) is 23.7 Å². The van der Waals surface area contributed by atoms with Gasteiger partial charge in [0.1, 0.15) is 23.7 Å². The van der Waals surface area contributed by atoms with Crippen molar-refractivity contribution in [1.82, 2.24) is 9.88 Å². The van der Waals surface area contributed by atoms with Crippen LogP contribution in [0.15, 0.2) is 42.5 Å². The van der Waals surface area contributed by atoms with Gasteiger partial charge in [0, 0.05) is 6.42 Å². The summed E-state index contributed by atoms with van der Waals surface area (Å²) in [7, 11) is 0. The normalized spacial score (nSPS) is 14.9. The lowest BCUT2D eigenvalue weighted by Gasteiger charge is -2.23. The molecule has 4 nitrogen and oxygen atoms in total. The minimum absolute atomic E-state index is 0.299. The van der Waals surface area contributed by atoms with Gasteiger partial charge in [-0.15, -0.1) is 0 Å². The van der Waals surface area contributed by atoms with Crippen LogP contribution in [0.25, 0.3) is 0 Å². The van der Waals surface area contributed by atoms with E-state index in [-0.39, 0.29) is 0 Å². The van der Waals surface area contributed by atoms with Crippen molar-refractivity contribution in [2.24, 2.45) is 0 Å². The third kappa shape index (κ3) is 7.36. The van der Waals surface area contributed by atoms with Crippen molar-refractivity contribution in [1.29, 1.82) is 0 Å². The molecule has 29 heavy (non-hydrogen) atoms. The zero-order valence-electron chi connectivity index (χ0n) is 17.1. The highest BCUT2D eigenvalue weighted by Gasteiger charge is 2.07. The van der Waals surface area contributed by atoms with Crippen LogP contribution in [0.1, 0.15) is 66.7 Å². The molecule has 1 saturated heterocycles. The minimum Gasteiger partial charge on any atom is -0.487 e. The molecule has 0 spiro atoms. The number of aldehydes is 1. The molecule has 4 heteroatoms. The molecule has 0 bridgehead atoms. The van der Waals surface area contributed by atoms with E-state index in [0.717, 1.165) is 31.2 Å². The molecule has 0 amide bonds. The predicted molar refractivity (Wildman–Crippen MR) is 116 cm³/mol. The molecular formula is C25H30N2O2. The van der Waals surface area contributed by atoms with Gasteiger partial charge in [-0.1, -0.05) is 55.5 Å².